The maximum absolute atomic E-state index is 14.3. The summed E-state index contributed by atoms with van der Waals surface area (Å²) < 4.78 is 20.5. The largest absolute Gasteiger partial charge is 0.381 e. The van der Waals surface area contributed by atoms with Gasteiger partial charge >= 0.3 is 0 Å². The fraction of sp³-hybridized carbons (Fsp3) is 0.571. The fourth-order valence-electron chi connectivity index (χ4n) is 2.56. The summed E-state index contributed by atoms with van der Waals surface area (Å²) in [6.07, 6.45) is 2.07. The zero-order valence-corrected chi connectivity index (χ0v) is 13.2. The molecule has 1 heterocycles. The Kier molecular flexibility index (Phi) is 5.63. The van der Waals surface area contributed by atoms with E-state index in [1.165, 1.54) is 0 Å². The molecule has 1 aromatic rings. The molecule has 0 radical (unpaired) electrons. The van der Waals surface area contributed by atoms with Gasteiger partial charge in [0.1, 0.15) is 5.82 Å². The summed E-state index contributed by atoms with van der Waals surface area (Å²) in [5, 5.41) is 3.51. The highest BCUT2D eigenvalue weighted by atomic mass is 79.9. The highest BCUT2D eigenvalue weighted by molar-refractivity contribution is 9.10. The lowest BCUT2D eigenvalue weighted by Gasteiger charge is -2.31. The van der Waals surface area contributed by atoms with Gasteiger partial charge in [-0.15, -0.1) is 0 Å². The van der Waals surface area contributed by atoms with Gasteiger partial charge in [0.05, 0.1) is 11.6 Å². The summed E-state index contributed by atoms with van der Waals surface area (Å²) >= 11 is 9.23. The minimum Gasteiger partial charge on any atom is -0.381 e. The summed E-state index contributed by atoms with van der Waals surface area (Å²) in [5.41, 5.74) is 0.630. The number of hydrogen-bond acceptors (Lipinski definition) is 2. The topological polar surface area (TPSA) is 21.3 Å². The van der Waals surface area contributed by atoms with Crippen LogP contribution >= 0.6 is 27.5 Å². The average Bonchev–Trinajstić information content (AvgIpc) is 2.44. The minimum absolute atomic E-state index is 0.0455. The van der Waals surface area contributed by atoms with E-state index in [0.29, 0.717) is 22.6 Å². The summed E-state index contributed by atoms with van der Waals surface area (Å²) in [6.45, 7) is 4.28. The highest BCUT2D eigenvalue weighted by Crippen LogP contribution is 2.35. The summed E-state index contributed by atoms with van der Waals surface area (Å²) in [4.78, 5) is 0. The Labute approximate surface area is 126 Å². The molecule has 1 fully saturated rings. The van der Waals surface area contributed by atoms with E-state index in [1.807, 2.05) is 6.92 Å². The van der Waals surface area contributed by atoms with E-state index in [0.717, 1.165) is 26.0 Å². The normalized spacial score (nSPS) is 21.4. The number of rotatable bonds is 4. The predicted octanol–water partition coefficient (Wildman–Crippen LogP) is 4.32. The first kappa shape index (κ1) is 15.2. The molecular formula is C14H18BrClFNO. The van der Waals surface area contributed by atoms with Gasteiger partial charge in [0, 0.05) is 28.6 Å². The zero-order valence-electron chi connectivity index (χ0n) is 10.9. The molecule has 2 unspecified atom stereocenters. The Morgan fingerprint density at radius 3 is 3.00 bits per heavy atom. The first-order valence-electron chi connectivity index (χ1n) is 6.59. The number of nitrogens with one attached hydrogen (secondary N) is 1. The lowest BCUT2D eigenvalue weighted by atomic mass is 9.88. The molecule has 0 amide bonds. The third kappa shape index (κ3) is 3.48. The number of benzene rings is 1. The van der Waals surface area contributed by atoms with Crippen LogP contribution in [0.3, 0.4) is 0 Å². The lowest BCUT2D eigenvalue weighted by Crippen LogP contribution is -2.34. The second kappa shape index (κ2) is 7.02. The van der Waals surface area contributed by atoms with Crippen LogP contribution in [0, 0.1) is 11.7 Å². The van der Waals surface area contributed by atoms with Crippen molar-refractivity contribution in [3.8, 4) is 0 Å². The van der Waals surface area contributed by atoms with E-state index in [-0.39, 0.29) is 16.9 Å². The quantitative estimate of drug-likeness (QED) is 0.817. The maximum Gasteiger partial charge on any atom is 0.147 e. The fourth-order valence-corrected chi connectivity index (χ4v) is 3.04. The minimum atomic E-state index is -0.340. The molecule has 2 atom stereocenters. The smallest absolute Gasteiger partial charge is 0.147 e. The third-order valence-electron chi connectivity index (χ3n) is 3.49. The monoisotopic (exact) mass is 349 g/mol. The van der Waals surface area contributed by atoms with Crippen LogP contribution in [0.5, 0.6) is 0 Å². The molecule has 1 aliphatic rings. The average molecular weight is 351 g/mol. The van der Waals surface area contributed by atoms with Crippen molar-refractivity contribution in [1.29, 1.82) is 0 Å². The van der Waals surface area contributed by atoms with E-state index in [9.17, 15) is 4.39 Å². The first-order chi connectivity index (χ1) is 9.15. The molecule has 2 rings (SSSR count). The number of hydrogen-bond donors (Lipinski definition) is 1. The molecule has 0 saturated carbocycles. The Morgan fingerprint density at radius 1 is 1.58 bits per heavy atom. The van der Waals surface area contributed by atoms with Crippen molar-refractivity contribution < 1.29 is 9.13 Å². The molecule has 106 valence electrons. The van der Waals surface area contributed by atoms with E-state index in [4.69, 9.17) is 16.3 Å². The van der Waals surface area contributed by atoms with Gasteiger partial charge in [-0.1, -0.05) is 24.6 Å². The molecule has 5 heteroatoms. The molecular weight excluding hydrogens is 333 g/mol. The van der Waals surface area contributed by atoms with Gasteiger partial charge < -0.3 is 10.1 Å². The van der Waals surface area contributed by atoms with Crippen molar-refractivity contribution in [2.24, 2.45) is 5.92 Å². The van der Waals surface area contributed by atoms with Crippen molar-refractivity contribution in [1.82, 2.24) is 5.32 Å². The molecule has 0 aliphatic carbocycles. The third-order valence-corrected chi connectivity index (χ3v) is 4.75. The standard InChI is InChI=1S/C14H18BrClFNO/c1-2-18-14(9-4-3-7-19-8-9)10-5-6-11(15)12(16)13(10)17/h5-6,9,14,18H,2-4,7-8H2,1H3. The van der Waals surface area contributed by atoms with E-state index in [1.54, 1.807) is 12.1 Å². The molecule has 0 spiro atoms. The Hall–Kier alpha value is -0.160. The molecule has 2 nitrogen and oxygen atoms in total. The van der Waals surface area contributed by atoms with Crippen LogP contribution in [-0.2, 0) is 4.74 Å². The van der Waals surface area contributed by atoms with Crippen LogP contribution in [0.15, 0.2) is 16.6 Å². The van der Waals surface area contributed by atoms with Crippen LogP contribution in [0.25, 0.3) is 0 Å². The maximum atomic E-state index is 14.3. The van der Waals surface area contributed by atoms with Gasteiger partial charge in [0.15, 0.2) is 0 Å². The predicted molar refractivity (Wildman–Crippen MR) is 79.1 cm³/mol. The number of halogens is 3. The van der Waals surface area contributed by atoms with Gasteiger partial charge in [-0.2, -0.15) is 0 Å². The lowest BCUT2D eigenvalue weighted by molar-refractivity contribution is 0.0387. The van der Waals surface area contributed by atoms with E-state index in [2.05, 4.69) is 21.2 Å². The molecule has 0 aromatic heterocycles. The Balaban J connectivity index is 2.30. The van der Waals surface area contributed by atoms with Gasteiger partial charge in [-0.05, 0) is 41.4 Å². The van der Waals surface area contributed by atoms with E-state index >= 15 is 0 Å². The van der Waals surface area contributed by atoms with Crippen molar-refractivity contribution in [2.45, 2.75) is 25.8 Å². The first-order valence-corrected chi connectivity index (χ1v) is 7.76. The van der Waals surface area contributed by atoms with Crippen molar-refractivity contribution in [3.63, 3.8) is 0 Å². The number of ether oxygens (including phenoxy) is 1. The second-order valence-electron chi connectivity index (χ2n) is 4.78. The molecule has 1 N–H and O–H groups in total. The zero-order chi connectivity index (χ0) is 13.8. The Bertz CT molecular complexity index is 438. The van der Waals surface area contributed by atoms with Gasteiger partial charge in [0.25, 0.3) is 0 Å². The summed E-state index contributed by atoms with van der Waals surface area (Å²) in [5.74, 6) is -0.0481. The Morgan fingerprint density at radius 2 is 2.37 bits per heavy atom. The molecule has 19 heavy (non-hydrogen) atoms. The summed E-state index contributed by atoms with van der Waals surface area (Å²) in [6, 6.07) is 3.55. The summed E-state index contributed by atoms with van der Waals surface area (Å²) in [7, 11) is 0. The van der Waals surface area contributed by atoms with Crippen LogP contribution in [0.2, 0.25) is 5.02 Å². The molecule has 0 bridgehead atoms. The molecule has 1 saturated heterocycles. The molecule has 1 aliphatic heterocycles. The van der Waals surface area contributed by atoms with Crippen LogP contribution < -0.4 is 5.32 Å². The van der Waals surface area contributed by atoms with Crippen molar-refractivity contribution in [3.05, 3.63) is 33.0 Å². The van der Waals surface area contributed by atoms with Crippen molar-refractivity contribution in [2.75, 3.05) is 19.8 Å². The van der Waals surface area contributed by atoms with Crippen LogP contribution in [-0.4, -0.2) is 19.8 Å². The SMILES string of the molecule is CCNC(c1ccc(Br)c(Cl)c1F)C1CCCOC1. The van der Waals surface area contributed by atoms with Gasteiger partial charge in [-0.25, -0.2) is 4.39 Å². The van der Waals surface area contributed by atoms with Crippen LogP contribution in [0.4, 0.5) is 4.39 Å². The molecule has 1 aromatic carbocycles. The highest BCUT2D eigenvalue weighted by Gasteiger charge is 2.28. The van der Waals surface area contributed by atoms with E-state index < -0.39 is 0 Å². The van der Waals surface area contributed by atoms with Gasteiger partial charge in [-0.3, -0.25) is 0 Å². The second-order valence-corrected chi connectivity index (χ2v) is 6.01. The van der Waals surface area contributed by atoms with Crippen LogP contribution in [0.1, 0.15) is 31.4 Å². The van der Waals surface area contributed by atoms with Gasteiger partial charge in [0.2, 0.25) is 0 Å². The van der Waals surface area contributed by atoms with Crippen molar-refractivity contribution >= 4 is 27.5 Å².